The van der Waals surface area contributed by atoms with Crippen LogP contribution in [0.2, 0.25) is 0 Å². The monoisotopic (exact) mass is 362 g/mol. The summed E-state index contributed by atoms with van der Waals surface area (Å²) in [7, 11) is 0. The van der Waals surface area contributed by atoms with Crippen LogP contribution in [0.4, 0.5) is 24.8 Å². The molecule has 2 aromatic heterocycles. The van der Waals surface area contributed by atoms with Crippen LogP contribution in [0.25, 0.3) is 0 Å². The van der Waals surface area contributed by atoms with Crippen molar-refractivity contribution < 1.29 is 22.4 Å². The van der Waals surface area contributed by atoms with Gasteiger partial charge in [0.05, 0.1) is 23.9 Å². The van der Waals surface area contributed by atoms with Gasteiger partial charge in [0.15, 0.2) is 0 Å². The summed E-state index contributed by atoms with van der Waals surface area (Å²) in [5.74, 6) is 0.398. The number of rotatable bonds is 5. The quantitative estimate of drug-likeness (QED) is 0.722. The highest BCUT2D eigenvalue weighted by atomic mass is 19.4. The molecule has 134 valence electrons. The summed E-state index contributed by atoms with van der Waals surface area (Å²) in [5.41, 5.74) is -0.102. The van der Waals surface area contributed by atoms with Gasteiger partial charge in [-0.1, -0.05) is 0 Å². The molecule has 0 radical (unpaired) electrons. The van der Waals surface area contributed by atoms with Crippen LogP contribution in [0.1, 0.15) is 21.7 Å². The van der Waals surface area contributed by atoms with Crippen molar-refractivity contribution in [3.8, 4) is 0 Å². The topological polar surface area (TPSA) is 80.0 Å². The van der Waals surface area contributed by atoms with Crippen LogP contribution in [-0.4, -0.2) is 15.9 Å². The Labute approximate surface area is 146 Å². The van der Waals surface area contributed by atoms with E-state index in [9.17, 15) is 18.0 Å². The zero-order valence-corrected chi connectivity index (χ0v) is 13.2. The van der Waals surface area contributed by atoms with Gasteiger partial charge < -0.3 is 15.1 Å². The largest absolute Gasteiger partial charge is 0.467 e. The van der Waals surface area contributed by atoms with Gasteiger partial charge >= 0.3 is 6.18 Å². The van der Waals surface area contributed by atoms with Gasteiger partial charge in [0, 0.05) is 18.1 Å². The summed E-state index contributed by atoms with van der Waals surface area (Å²) in [6.07, 6.45) is -0.250. The second-order valence-corrected chi connectivity index (χ2v) is 5.26. The second kappa shape index (κ2) is 7.26. The Morgan fingerprint density at radius 2 is 1.77 bits per heavy atom. The SMILES string of the molecule is O=C(NCc1ccco1)c1cnc(Nc2ccc(C(F)(F)F)cc2)nc1. The molecule has 0 saturated heterocycles. The molecule has 1 aromatic carbocycles. The Morgan fingerprint density at radius 3 is 2.35 bits per heavy atom. The van der Waals surface area contributed by atoms with Crippen LogP contribution >= 0.6 is 0 Å². The third kappa shape index (κ3) is 4.38. The Morgan fingerprint density at radius 1 is 1.08 bits per heavy atom. The molecule has 0 atom stereocenters. The molecule has 26 heavy (non-hydrogen) atoms. The smallest absolute Gasteiger partial charge is 0.416 e. The lowest BCUT2D eigenvalue weighted by Gasteiger charge is -2.09. The highest BCUT2D eigenvalue weighted by molar-refractivity contribution is 5.93. The van der Waals surface area contributed by atoms with Gasteiger partial charge in [-0.05, 0) is 36.4 Å². The summed E-state index contributed by atoms with van der Waals surface area (Å²) in [6, 6.07) is 7.91. The van der Waals surface area contributed by atoms with Gasteiger partial charge in [-0.3, -0.25) is 4.79 Å². The average molecular weight is 362 g/mol. The molecule has 2 N–H and O–H groups in total. The fraction of sp³-hybridized carbons (Fsp3) is 0.118. The lowest BCUT2D eigenvalue weighted by Crippen LogP contribution is -2.22. The van der Waals surface area contributed by atoms with Gasteiger partial charge in [-0.25, -0.2) is 9.97 Å². The summed E-state index contributed by atoms with van der Waals surface area (Å²) < 4.78 is 42.7. The number of amides is 1. The first-order valence-electron chi connectivity index (χ1n) is 7.49. The normalized spacial score (nSPS) is 11.2. The highest BCUT2D eigenvalue weighted by Crippen LogP contribution is 2.30. The number of carbonyl (C=O) groups excluding carboxylic acids is 1. The van der Waals surface area contributed by atoms with Gasteiger partial charge in [-0.15, -0.1) is 0 Å². The summed E-state index contributed by atoms with van der Waals surface area (Å²) in [4.78, 5) is 19.9. The zero-order chi connectivity index (χ0) is 18.6. The second-order valence-electron chi connectivity index (χ2n) is 5.26. The number of benzene rings is 1. The lowest BCUT2D eigenvalue weighted by molar-refractivity contribution is -0.137. The van der Waals surface area contributed by atoms with E-state index in [-0.39, 0.29) is 24.0 Å². The number of anilines is 2. The van der Waals surface area contributed by atoms with E-state index >= 15 is 0 Å². The standard InChI is InChI=1S/C17H13F3N4O2/c18-17(19,20)12-3-5-13(6-4-12)24-16-22-8-11(9-23-16)15(25)21-10-14-2-1-7-26-14/h1-9H,10H2,(H,21,25)(H,22,23,24). The van der Waals surface area contributed by atoms with Crippen molar-refractivity contribution in [2.45, 2.75) is 12.7 Å². The molecule has 9 heteroatoms. The minimum atomic E-state index is -4.39. The molecule has 0 aliphatic heterocycles. The number of hydrogen-bond donors (Lipinski definition) is 2. The molecule has 0 bridgehead atoms. The highest BCUT2D eigenvalue weighted by Gasteiger charge is 2.29. The number of furan rings is 1. The first-order chi connectivity index (χ1) is 12.4. The molecule has 1 amide bonds. The summed E-state index contributed by atoms with van der Waals surface area (Å²) >= 11 is 0. The average Bonchev–Trinajstić information content (AvgIpc) is 3.13. The van der Waals surface area contributed by atoms with Crippen LogP contribution in [0.3, 0.4) is 0 Å². The minimum absolute atomic E-state index is 0.160. The van der Waals surface area contributed by atoms with E-state index < -0.39 is 11.7 Å². The summed E-state index contributed by atoms with van der Waals surface area (Å²) in [5, 5.41) is 5.42. The molecule has 3 rings (SSSR count). The Bertz CT molecular complexity index is 861. The third-order valence-corrected chi connectivity index (χ3v) is 3.39. The fourth-order valence-corrected chi connectivity index (χ4v) is 2.06. The summed E-state index contributed by atoms with van der Waals surface area (Å²) in [6.45, 7) is 0.234. The van der Waals surface area contributed by atoms with E-state index in [1.165, 1.54) is 30.8 Å². The maximum absolute atomic E-state index is 12.5. The van der Waals surface area contributed by atoms with Crippen molar-refractivity contribution in [3.05, 3.63) is 71.9 Å². The molecule has 6 nitrogen and oxygen atoms in total. The number of alkyl halides is 3. The van der Waals surface area contributed by atoms with E-state index in [1.807, 2.05) is 0 Å². The van der Waals surface area contributed by atoms with Gasteiger partial charge in [0.1, 0.15) is 5.76 Å². The van der Waals surface area contributed by atoms with E-state index in [0.29, 0.717) is 11.4 Å². The molecule has 0 spiro atoms. The van der Waals surface area contributed by atoms with E-state index in [1.54, 1.807) is 12.1 Å². The predicted octanol–water partition coefficient (Wildman–Crippen LogP) is 3.76. The number of hydrogen-bond acceptors (Lipinski definition) is 5. The molecule has 0 aliphatic rings. The van der Waals surface area contributed by atoms with E-state index in [2.05, 4.69) is 20.6 Å². The molecule has 0 saturated carbocycles. The molecular formula is C17H13F3N4O2. The number of nitrogens with zero attached hydrogens (tertiary/aromatic N) is 2. The molecule has 0 fully saturated rings. The number of carbonyl (C=O) groups is 1. The van der Waals surface area contributed by atoms with Crippen molar-refractivity contribution in [1.29, 1.82) is 0 Å². The molecule has 0 aliphatic carbocycles. The molecule has 3 aromatic rings. The fourth-order valence-electron chi connectivity index (χ4n) is 2.06. The lowest BCUT2D eigenvalue weighted by atomic mass is 10.2. The number of nitrogens with one attached hydrogen (secondary N) is 2. The van der Waals surface area contributed by atoms with Crippen LogP contribution in [0, 0.1) is 0 Å². The van der Waals surface area contributed by atoms with Gasteiger partial charge in [0.2, 0.25) is 5.95 Å². The maximum Gasteiger partial charge on any atom is 0.416 e. The molecule has 2 heterocycles. The van der Waals surface area contributed by atoms with Gasteiger partial charge in [-0.2, -0.15) is 13.2 Å². The van der Waals surface area contributed by atoms with Crippen molar-refractivity contribution >= 4 is 17.5 Å². The minimum Gasteiger partial charge on any atom is -0.467 e. The van der Waals surface area contributed by atoms with Crippen molar-refractivity contribution in [1.82, 2.24) is 15.3 Å². The van der Waals surface area contributed by atoms with Crippen LogP contribution in [0.15, 0.2) is 59.5 Å². The van der Waals surface area contributed by atoms with E-state index in [0.717, 1.165) is 12.1 Å². The van der Waals surface area contributed by atoms with Crippen molar-refractivity contribution in [3.63, 3.8) is 0 Å². The Kier molecular flexibility index (Phi) is 4.87. The maximum atomic E-state index is 12.5. The van der Waals surface area contributed by atoms with Crippen LogP contribution in [0.5, 0.6) is 0 Å². The van der Waals surface area contributed by atoms with Crippen LogP contribution < -0.4 is 10.6 Å². The first kappa shape index (κ1) is 17.5. The Balaban J connectivity index is 1.59. The number of halogens is 3. The Hall–Kier alpha value is -3.36. The first-order valence-corrected chi connectivity index (χ1v) is 7.49. The van der Waals surface area contributed by atoms with E-state index in [4.69, 9.17) is 4.42 Å². The predicted molar refractivity (Wildman–Crippen MR) is 86.6 cm³/mol. The van der Waals surface area contributed by atoms with Crippen LogP contribution in [-0.2, 0) is 12.7 Å². The molecular weight excluding hydrogens is 349 g/mol. The zero-order valence-electron chi connectivity index (χ0n) is 13.2. The molecule has 0 unspecified atom stereocenters. The van der Waals surface area contributed by atoms with Crippen molar-refractivity contribution in [2.75, 3.05) is 5.32 Å². The number of aromatic nitrogens is 2. The van der Waals surface area contributed by atoms with Gasteiger partial charge in [0.25, 0.3) is 5.91 Å². The third-order valence-electron chi connectivity index (χ3n) is 3.39. The van der Waals surface area contributed by atoms with Crippen molar-refractivity contribution in [2.24, 2.45) is 0 Å².